The van der Waals surface area contributed by atoms with Gasteiger partial charge in [0, 0.05) is 11.4 Å². The fourth-order valence-corrected chi connectivity index (χ4v) is 3.43. The maximum absolute atomic E-state index is 4.09. The smallest absolute Gasteiger partial charge is 0.0703 e. The predicted octanol–water partition coefficient (Wildman–Crippen LogP) is 6.56. The lowest BCUT2D eigenvalue weighted by Gasteiger charge is -2.40. The number of rotatable bonds is 4. The van der Waals surface area contributed by atoms with Gasteiger partial charge < -0.3 is 9.80 Å². The van der Waals surface area contributed by atoms with Crippen LogP contribution in [0, 0.1) is 0 Å². The van der Waals surface area contributed by atoms with Crippen molar-refractivity contribution in [3.05, 3.63) is 122 Å². The van der Waals surface area contributed by atoms with Crippen LogP contribution in [0.1, 0.15) is 0 Å². The molecule has 4 rings (SSSR count). The normalized spacial score (nSPS) is 13.4. The molecule has 3 aromatic carbocycles. The Bertz CT molecular complexity index is 891. The molecule has 1 heterocycles. The molecule has 2 heteroatoms. The second-order valence-electron chi connectivity index (χ2n) is 6.01. The highest BCUT2D eigenvalue weighted by Gasteiger charge is 2.29. The Labute approximate surface area is 154 Å². The van der Waals surface area contributed by atoms with Gasteiger partial charge in [-0.05, 0) is 48.6 Å². The highest BCUT2D eigenvalue weighted by molar-refractivity contribution is 5.90. The zero-order valence-corrected chi connectivity index (χ0v) is 14.5. The van der Waals surface area contributed by atoms with Crippen LogP contribution in [-0.2, 0) is 0 Å². The average Bonchev–Trinajstić information content (AvgIpc) is 2.73. The van der Waals surface area contributed by atoms with Gasteiger partial charge in [0.2, 0.25) is 0 Å². The molecule has 0 aromatic heterocycles. The molecule has 1 aliphatic heterocycles. The van der Waals surface area contributed by atoms with Crippen LogP contribution < -0.4 is 9.80 Å². The van der Waals surface area contributed by atoms with Crippen molar-refractivity contribution in [3.8, 4) is 0 Å². The van der Waals surface area contributed by atoms with E-state index in [1.54, 1.807) is 0 Å². The third-order valence-electron chi connectivity index (χ3n) is 4.52. The van der Waals surface area contributed by atoms with Crippen molar-refractivity contribution < 1.29 is 0 Å². The number of allylic oxidation sites excluding steroid dienone is 2. The Morgan fingerprint density at radius 1 is 0.500 bits per heavy atom. The molecular weight excluding hydrogens is 316 g/mol. The summed E-state index contributed by atoms with van der Waals surface area (Å²) in [5, 5.41) is 0. The van der Waals surface area contributed by atoms with Crippen molar-refractivity contribution >= 4 is 22.7 Å². The SMILES string of the molecule is C=CC1=C(C=C)N(c2ccccc2)c2ccccc2N1c1ccccc1. The van der Waals surface area contributed by atoms with E-state index in [2.05, 4.69) is 95.8 Å². The van der Waals surface area contributed by atoms with E-state index < -0.39 is 0 Å². The van der Waals surface area contributed by atoms with Crippen LogP contribution in [-0.4, -0.2) is 0 Å². The highest BCUT2D eigenvalue weighted by Crippen LogP contribution is 2.47. The first-order chi connectivity index (χ1) is 12.8. The van der Waals surface area contributed by atoms with Gasteiger partial charge in [-0.2, -0.15) is 0 Å². The summed E-state index contributed by atoms with van der Waals surface area (Å²) >= 11 is 0. The van der Waals surface area contributed by atoms with Gasteiger partial charge >= 0.3 is 0 Å². The fourth-order valence-electron chi connectivity index (χ4n) is 3.43. The summed E-state index contributed by atoms with van der Waals surface area (Å²) in [6.45, 7) is 8.17. The highest BCUT2D eigenvalue weighted by atomic mass is 15.3. The van der Waals surface area contributed by atoms with Crippen molar-refractivity contribution in [1.82, 2.24) is 0 Å². The summed E-state index contributed by atoms with van der Waals surface area (Å²) in [5.74, 6) is 0. The lowest BCUT2D eigenvalue weighted by atomic mass is 10.0. The van der Waals surface area contributed by atoms with Gasteiger partial charge in [0.05, 0.1) is 22.8 Å². The summed E-state index contributed by atoms with van der Waals surface area (Å²) in [7, 11) is 0. The number of hydrogen-bond acceptors (Lipinski definition) is 2. The van der Waals surface area contributed by atoms with Crippen molar-refractivity contribution in [3.63, 3.8) is 0 Å². The van der Waals surface area contributed by atoms with Gasteiger partial charge in [-0.1, -0.05) is 61.7 Å². The number of nitrogens with zero attached hydrogens (tertiary/aromatic N) is 2. The molecule has 1 aliphatic rings. The van der Waals surface area contributed by atoms with Crippen LogP contribution >= 0.6 is 0 Å². The molecule has 0 atom stereocenters. The zero-order chi connectivity index (χ0) is 17.9. The van der Waals surface area contributed by atoms with Crippen LogP contribution in [0.15, 0.2) is 122 Å². The van der Waals surface area contributed by atoms with E-state index in [9.17, 15) is 0 Å². The topological polar surface area (TPSA) is 6.48 Å². The standard InChI is InChI=1S/C24H20N2/c1-3-21-22(4-2)26(20-15-9-6-10-16-20)24-18-12-11-17-23(24)25(21)19-13-7-5-8-14-19/h3-18H,1-2H2. The van der Waals surface area contributed by atoms with Crippen LogP contribution in [0.5, 0.6) is 0 Å². The van der Waals surface area contributed by atoms with Crippen molar-refractivity contribution in [1.29, 1.82) is 0 Å². The molecule has 0 N–H and O–H groups in total. The van der Waals surface area contributed by atoms with Crippen molar-refractivity contribution in [2.45, 2.75) is 0 Å². The van der Waals surface area contributed by atoms with Gasteiger partial charge in [0.1, 0.15) is 0 Å². The molecule has 0 amide bonds. The molecule has 3 aromatic rings. The summed E-state index contributed by atoms with van der Waals surface area (Å²) in [6.07, 6.45) is 3.80. The van der Waals surface area contributed by atoms with E-state index in [0.29, 0.717) is 0 Å². The second kappa shape index (κ2) is 6.77. The van der Waals surface area contributed by atoms with Gasteiger partial charge in [-0.25, -0.2) is 0 Å². The molecule has 0 saturated heterocycles. The van der Waals surface area contributed by atoms with E-state index in [4.69, 9.17) is 0 Å². The summed E-state index contributed by atoms with van der Waals surface area (Å²) in [5.41, 5.74) is 6.44. The van der Waals surface area contributed by atoms with Crippen LogP contribution in [0.4, 0.5) is 22.7 Å². The summed E-state index contributed by atoms with van der Waals surface area (Å²) in [6, 6.07) is 29.1. The van der Waals surface area contributed by atoms with Gasteiger partial charge in [0.15, 0.2) is 0 Å². The van der Waals surface area contributed by atoms with E-state index in [-0.39, 0.29) is 0 Å². The monoisotopic (exact) mass is 336 g/mol. The number of para-hydroxylation sites is 4. The van der Waals surface area contributed by atoms with Crippen molar-refractivity contribution in [2.75, 3.05) is 9.80 Å². The molecule has 2 nitrogen and oxygen atoms in total. The maximum atomic E-state index is 4.09. The molecule has 0 radical (unpaired) electrons. The molecule has 0 aliphatic carbocycles. The second-order valence-corrected chi connectivity index (χ2v) is 6.01. The summed E-state index contributed by atoms with van der Waals surface area (Å²) in [4.78, 5) is 4.47. The van der Waals surface area contributed by atoms with E-state index >= 15 is 0 Å². The van der Waals surface area contributed by atoms with E-state index in [0.717, 1.165) is 34.1 Å². The first-order valence-corrected chi connectivity index (χ1v) is 8.63. The van der Waals surface area contributed by atoms with Crippen LogP contribution in [0.3, 0.4) is 0 Å². The van der Waals surface area contributed by atoms with E-state index in [1.165, 1.54) is 0 Å². The number of anilines is 4. The van der Waals surface area contributed by atoms with Crippen LogP contribution in [0.25, 0.3) is 0 Å². The quantitative estimate of drug-likeness (QED) is 0.532. The van der Waals surface area contributed by atoms with Crippen LogP contribution in [0.2, 0.25) is 0 Å². The lowest BCUT2D eigenvalue weighted by molar-refractivity contribution is 1.07. The molecule has 0 spiro atoms. The molecule has 126 valence electrons. The fraction of sp³-hybridized carbons (Fsp3) is 0. The molecule has 0 fully saturated rings. The third-order valence-corrected chi connectivity index (χ3v) is 4.52. The van der Waals surface area contributed by atoms with Gasteiger partial charge in [-0.3, -0.25) is 0 Å². The maximum Gasteiger partial charge on any atom is 0.0703 e. The third kappa shape index (κ3) is 2.52. The van der Waals surface area contributed by atoms with Crippen molar-refractivity contribution in [2.24, 2.45) is 0 Å². The Morgan fingerprint density at radius 2 is 0.846 bits per heavy atom. The minimum absolute atomic E-state index is 1.01. The Hall–Kier alpha value is -3.52. The molecule has 0 saturated carbocycles. The Balaban J connectivity index is 2.02. The molecular formula is C24H20N2. The van der Waals surface area contributed by atoms with E-state index in [1.807, 2.05) is 24.3 Å². The molecule has 26 heavy (non-hydrogen) atoms. The average molecular weight is 336 g/mol. The largest absolute Gasteiger partial charge is 0.306 e. The molecule has 0 bridgehead atoms. The molecule has 0 unspecified atom stereocenters. The minimum atomic E-state index is 1.01. The Morgan fingerprint density at radius 3 is 1.19 bits per heavy atom. The zero-order valence-electron chi connectivity index (χ0n) is 14.5. The minimum Gasteiger partial charge on any atom is -0.306 e. The number of benzene rings is 3. The summed E-state index contributed by atoms with van der Waals surface area (Å²) < 4.78 is 0. The first-order valence-electron chi connectivity index (χ1n) is 8.63. The Kier molecular flexibility index (Phi) is 4.16. The first kappa shape index (κ1) is 16.0. The van der Waals surface area contributed by atoms with Gasteiger partial charge in [0.25, 0.3) is 0 Å². The number of hydrogen-bond donors (Lipinski definition) is 0. The van der Waals surface area contributed by atoms with Gasteiger partial charge in [-0.15, -0.1) is 0 Å². The lowest BCUT2D eigenvalue weighted by Crippen LogP contribution is -2.30. The number of fused-ring (bicyclic) bond motifs is 1. The predicted molar refractivity (Wildman–Crippen MR) is 111 cm³/mol.